The minimum Gasteiger partial charge on any atom is -0.507 e. The Hall–Kier alpha value is -4.47. The number of carbonyl (C=O) groups is 5. The number of esters is 2. The number of benzene rings is 1. The molecule has 0 saturated heterocycles. The van der Waals surface area contributed by atoms with Gasteiger partial charge in [-0.2, -0.15) is 0 Å². The number of ether oxygens (including phenoxy) is 3. The van der Waals surface area contributed by atoms with Crippen molar-refractivity contribution in [3.05, 3.63) is 84.5 Å². The smallest absolute Gasteiger partial charge is 0.412 e. The topological polar surface area (TPSA) is 195 Å². The number of hydrogen-bond acceptors (Lipinski definition) is 12. The summed E-state index contributed by atoms with van der Waals surface area (Å²) in [4.78, 5) is 64.6. The Morgan fingerprint density at radius 3 is 2.00 bits per heavy atom. The van der Waals surface area contributed by atoms with E-state index in [0.717, 1.165) is 37.9 Å². The van der Waals surface area contributed by atoms with E-state index in [1.807, 2.05) is 12.2 Å². The van der Waals surface area contributed by atoms with E-state index in [-0.39, 0.29) is 43.2 Å². The van der Waals surface area contributed by atoms with Gasteiger partial charge in [0.25, 0.3) is 5.91 Å². The van der Waals surface area contributed by atoms with Gasteiger partial charge >= 0.3 is 18.0 Å². The van der Waals surface area contributed by atoms with Gasteiger partial charge in [-0.15, -0.1) is 0 Å². The van der Waals surface area contributed by atoms with Crippen molar-refractivity contribution in [2.24, 2.45) is 11.1 Å². The quantitative estimate of drug-likeness (QED) is 0.0129. The molecule has 0 bridgehead atoms. The van der Waals surface area contributed by atoms with E-state index in [1.54, 1.807) is 56.2 Å². The standard InChI is InChI=1S/C45H68N4O9S2/c1-7-8-9-10-11-12-13-14-15-16-17-18-19-20-21-22-23-24-39(52)56-34-45(5,6)40(41(53)48-29-27-38(51)47-30-32-60-59-31-28-46)57-42(54)36-33-35(25-26-37(36)50)49-43(55)58-44(2,3)4/h8-9,11-12,14-15,17-18,20-21,25-26,33,40,50H,7,10,13,16,19,22-24,27-32,34,46H2,1-6H3,(H,47,51)(H,48,53)(H,49,55)/b9-8-,12-11-,15-14-,18-17-,21-20+/t40-/m0/s1. The lowest BCUT2D eigenvalue weighted by Crippen LogP contribution is -2.49. The first-order valence-electron chi connectivity index (χ1n) is 20.5. The molecule has 0 radical (unpaired) electrons. The summed E-state index contributed by atoms with van der Waals surface area (Å²) in [7, 11) is 3.22. The molecular weight excluding hydrogens is 805 g/mol. The van der Waals surface area contributed by atoms with E-state index < -0.39 is 46.8 Å². The molecule has 0 heterocycles. The zero-order valence-electron chi connectivity index (χ0n) is 36.3. The predicted octanol–water partition coefficient (Wildman–Crippen LogP) is 8.72. The largest absolute Gasteiger partial charge is 0.507 e. The zero-order valence-corrected chi connectivity index (χ0v) is 37.9. The summed E-state index contributed by atoms with van der Waals surface area (Å²) in [6.07, 6.45) is 24.9. The number of phenols is 1. The fourth-order valence-electron chi connectivity index (χ4n) is 4.96. The van der Waals surface area contributed by atoms with Crippen molar-refractivity contribution in [3.8, 4) is 5.75 Å². The van der Waals surface area contributed by atoms with Crippen LogP contribution in [0.25, 0.3) is 0 Å². The second kappa shape index (κ2) is 31.4. The number of amides is 3. The summed E-state index contributed by atoms with van der Waals surface area (Å²) in [5.74, 6) is -1.50. The molecule has 1 rings (SSSR count). The number of anilines is 1. The lowest BCUT2D eigenvalue weighted by molar-refractivity contribution is -0.153. The Bertz CT molecular complexity index is 1620. The highest BCUT2D eigenvalue weighted by Crippen LogP contribution is 2.29. The predicted molar refractivity (Wildman–Crippen MR) is 245 cm³/mol. The number of hydrogen-bond donors (Lipinski definition) is 5. The zero-order chi connectivity index (χ0) is 44.7. The molecule has 0 fully saturated rings. The third-order valence-corrected chi connectivity index (χ3v) is 10.4. The fraction of sp³-hybridized carbons (Fsp3) is 0.533. The Labute approximate surface area is 365 Å². The first-order valence-corrected chi connectivity index (χ1v) is 23.0. The summed E-state index contributed by atoms with van der Waals surface area (Å²) < 4.78 is 16.5. The van der Waals surface area contributed by atoms with E-state index >= 15 is 0 Å². The van der Waals surface area contributed by atoms with Gasteiger partial charge in [-0.3, -0.25) is 19.7 Å². The highest BCUT2D eigenvalue weighted by atomic mass is 33.1. The molecule has 0 saturated carbocycles. The molecule has 1 aromatic carbocycles. The maximum Gasteiger partial charge on any atom is 0.412 e. The molecule has 334 valence electrons. The van der Waals surface area contributed by atoms with Crippen LogP contribution in [0.15, 0.2) is 79.0 Å². The lowest BCUT2D eigenvalue weighted by atomic mass is 9.86. The van der Waals surface area contributed by atoms with Crippen LogP contribution in [0, 0.1) is 5.41 Å². The van der Waals surface area contributed by atoms with Gasteiger partial charge in [0.1, 0.15) is 23.5 Å². The van der Waals surface area contributed by atoms with Gasteiger partial charge in [0.15, 0.2) is 6.10 Å². The molecule has 15 heteroatoms. The molecular formula is C45H68N4O9S2. The van der Waals surface area contributed by atoms with Gasteiger partial charge in [0.2, 0.25) is 5.91 Å². The third-order valence-electron chi connectivity index (χ3n) is 7.99. The van der Waals surface area contributed by atoms with Crippen molar-refractivity contribution in [3.63, 3.8) is 0 Å². The average Bonchev–Trinajstić information content (AvgIpc) is 3.18. The molecule has 1 atom stereocenters. The number of nitrogens with one attached hydrogen (secondary N) is 3. The Kier molecular flexibility index (Phi) is 28.0. The van der Waals surface area contributed by atoms with Crippen LogP contribution in [0.4, 0.5) is 10.5 Å². The van der Waals surface area contributed by atoms with Gasteiger partial charge in [-0.25, -0.2) is 9.59 Å². The molecule has 13 nitrogen and oxygen atoms in total. The van der Waals surface area contributed by atoms with E-state index in [9.17, 15) is 29.1 Å². The molecule has 0 aliphatic rings. The Balaban J connectivity index is 2.81. The van der Waals surface area contributed by atoms with Crippen LogP contribution in [0.2, 0.25) is 0 Å². The second-order valence-electron chi connectivity index (χ2n) is 15.2. The van der Waals surface area contributed by atoms with Crippen molar-refractivity contribution < 1.29 is 43.3 Å². The summed E-state index contributed by atoms with van der Waals surface area (Å²) >= 11 is 0. The normalized spacial score (nSPS) is 12.7. The van der Waals surface area contributed by atoms with Crippen LogP contribution < -0.4 is 21.7 Å². The summed E-state index contributed by atoms with van der Waals surface area (Å²) in [6.45, 7) is 11.1. The van der Waals surface area contributed by atoms with E-state index in [0.29, 0.717) is 31.7 Å². The van der Waals surface area contributed by atoms with Crippen molar-refractivity contribution in [2.75, 3.05) is 43.1 Å². The number of carbonyl (C=O) groups excluding carboxylic acids is 5. The monoisotopic (exact) mass is 872 g/mol. The van der Waals surface area contributed by atoms with Crippen molar-refractivity contribution in [1.82, 2.24) is 10.6 Å². The van der Waals surface area contributed by atoms with Crippen LogP contribution in [-0.4, -0.2) is 84.4 Å². The van der Waals surface area contributed by atoms with E-state index in [2.05, 4.69) is 71.5 Å². The summed E-state index contributed by atoms with van der Waals surface area (Å²) in [6, 6.07) is 3.75. The molecule has 0 spiro atoms. The summed E-state index contributed by atoms with van der Waals surface area (Å²) in [5, 5.41) is 18.5. The number of aromatic hydroxyl groups is 1. The minimum atomic E-state index is -1.51. The third kappa shape index (κ3) is 26.6. The average molecular weight is 873 g/mol. The number of nitrogens with two attached hydrogens (primary N) is 1. The lowest BCUT2D eigenvalue weighted by Gasteiger charge is -2.32. The van der Waals surface area contributed by atoms with Gasteiger partial charge in [-0.05, 0) is 83.9 Å². The number of allylic oxidation sites excluding steroid dienone is 10. The molecule has 0 unspecified atom stereocenters. The maximum absolute atomic E-state index is 13.6. The van der Waals surface area contributed by atoms with Crippen LogP contribution in [0.5, 0.6) is 5.75 Å². The van der Waals surface area contributed by atoms with E-state index in [1.165, 1.54) is 18.2 Å². The fourth-order valence-corrected chi connectivity index (χ4v) is 6.73. The van der Waals surface area contributed by atoms with Crippen LogP contribution >= 0.6 is 21.6 Å². The van der Waals surface area contributed by atoms with Gasteiger partial charge < -0.3 is 35.7 Å². The Morgan fingerprint density at radius 2 is 1.40 bits per heavy atom. The van der Waals surface area contributed by atoms with E-state index in [4.69, 9.17) is 19.9 Å². The number of rotatable bonds is 29. The van der Waals surface area contributed by atoms with Crippen LogP contribution in [0.3, 0.4) is 0 Å². The van der Waals surface area contributed by atoms with Crippen LogP contribution in [-0.2, 0) is 28.6 Å². The summed E-state index contributed by atoms with van der Waals surface area (Å²) in [5.41, 5.74) is 3.27. The van der Waals surface area contributed by atoms with Crippen LogP contribution in [0.1, 0.15) is 110 Å². The maximum atomic E-state index is 13.6. The molecule has 1 aromatic rings. The van der Waals surface area contributed by atoms with Crippen molar-refractivity contribution in [1.29, 1.82) is 0 Å². The van der Waals surface area contributed by atoms with Crippen molar-refractivity contribution in [2.45, 2.75) is 111 Å². The molecule has 60 heavy (non-hydrogen) atoms. The first-order chi connectivity index (χ1) is 28.6. The minimum absolute atomic E-state index is 0.0283. The van der Waals surface area contributed by atoms with Gasteiger partial charge in [0.05, 0.1) is 0 Å². The highest BCUT2D eigenvalue weighted by molar-refractivity contribution is 8.76. The SMILES string of the molecule is CC/C=C\C/C=C\C/C=C\C/C=C\C/C=C/CCCC(=O)OCC(C)(C)[C@@H](OC(=O)c1cc(NC(=O)OC(C)(C)C)ccc1O)C(=O)NCCC(=O)NCCSSCCN. The van der Waals surface area contributed by atoms with Gasteiger partial charge in [0, 0.05) is 55.1 Å². The first kappa shape index (κ1) is 53.5. The number of phenolic OH excluding ortho intramolecular Hbond substituents is 1. The van der Waals surface area contributed by atoms with Gasteiger partial charge in [-0.1, -0.05) is 103 Å². The molecule has 3 amide bonds. The molecule has 6 N–H and O–H groups in total. The molecule has 0 aromatic heterocycles. The molecule has 0 aliphatic carbocycles. The highest BCUT2D eigenvalue weighted by Gasteiger charge is 2.40. The number of unbranched alkanes of at least 4 members (excludes halogenated alkanes) is 1. The molecule has 0 aliphatic heterocycles. The van der Waals surface area contributed by atoms with Crippen molar-refractivity contribution >= 4 is 57.1 Å². The second-order valence-corrected chi connectivity index (χ2v) is 17.9. The Morgan fingerprint density at radius 1 is 0.800 bits per heavy atom.